The van der Waals surface area contributed by atoms with Gasteiger partial charge < -0.3 is 15.0 Å². The zero-order valence-electron chi connectivity index (χ0n) is 9.11. The first-order chi connectivity index (χ1) is 7.74. The number of hydrogen-bond donors (Lipinski definition) is 1. The number of nitrogens with two attached hydrogens (primary N) is 1. The first-order valence-electron chi connectivity index (χ1n) is 5.11. The summed E-state index contributed by atoms with van der Waals surface area (Å²) in [6.07, 6.45) is 0. The molecule has 16 heavy (non-hydrogen) atoms. The van der Waals surface area contributed by atoms with Gasteiger partial charge in [0.05, 0.1) is 22.7 Å². The summed E-state index contributed by atoms with van der Waals surface area (Å²) in [5.74, 6) is 0.858. The van der Waals surface area contributed by atoms with E-state index in [0.717, 1.165) is 16.9 Å². The number of rotatable bonds is 4. The second-order valence-corrected chi connectivity index (χ2v) is 3.94. The number of fused-ring (bicyclic) bond motifs is 1. The van der Waals surface area contributed by atoms with E-state index in [4.69, 9.17) is 22.1 Å². The monoisotopic (exact) mass is 239 g/mol. The molecule has 5 heteroatoms. The van der Waals surface area contributed by atoms with Crippen LogP contribution in [0.15, 0.2) is 18.2 Å². The highest BCUT2D eigenvalue weighted by molar-refractivity contribution is 6.34. The number of imidazole rings is 1. The Morgan fingerprint density at radius 1 is 1.50 bits per heavy atom. The summed E-state index contributed by atoms with van der Waals surface area (Å²) in [7, 11) is 1.93. The van der Waals surface area contributed by atoms with E-state index in [1.807, 2.05) is 29.8 Å². The lowest BCUT2D eigenvalue weighted by Gasteiger charge is -2.03. The van der Waals surface area contributed by atoms with Gasteiger partial charge in [0.2, 0.25) is 0 Å². The fraction of sp³-hybridized carbons (Fsp3) is 0.364. The summed E-state index contributed by atoms with van der Waals surface area (Å²) in [6, 6.07) is 5.69. The Balaban J connectivity index is 2.33. The van der Waals surface area contributed by atoms with Crippen molar-refractivity contribution < 1.29 is 4.74 Å². The van der Waals surface area contributed by atoms with Crippen LogP contribution in [-0.4, -0.2) is 22.7 Å². The molecule has 0 aliphatic rings. The summed E-state index contributed by atoms with van der Waals surface area (Å²) < 4.78 is 7.32. The van der Waals surface area contributed by atoms with Crippen molar-refractivity contribution in [3.63, 3.8) is 0 Å². The molecule has 0 saturated heterocycles. The van der Waals surface area contributed by atoms with Crippen LogP contribution in [0.5, 0.6) is 0 Å². The Morgan fingerprint density at radius 2 is 2.31 bits per heavy atom. The Labute approximate surface area is 99.0 Å². The van der Waals surface area contributed by atoms with Crippen LogP contribution in [0.25, 0.3) is 11.0 Å². The summed E-state index contributed by atoms with van der Waals surface area (Å²) in [5, 5.41) is 0.706. The molecule has 86 valence electrons. The summed E-state index contributed by atoms with van der Waals surface area (Å²) in [4.78, 5) is 4.46. The van der Waals surface area contributed by atoms with Gasteiger partial charge in [-0.2, -0.15) is 0 Å². The lowest BCUT2D eigenvalue weighted by Crippen LogP contribution is -2.10. The zero-order chi connectivity index (χ0) is 11.5. The molecule has 1 heterocycles. The van der Waals surface area contributed by atoms with E-state index >= 15 is 0 Å². The molecule has 0 bridgehead atoms. The third kappa shape index (κ3) is 2.04. The minimum absolute atomic E-state index is 0.457. The van der Waals surface area contributed by atoms with E-state index in [2.05, 4.69) is 4.98 Å². The van der Waals surface area contributed by atoms with Gasteiger partial charge in [0.25, 0.3) is 0 Å². The second-order valence-electron chi connectivity index (χ2n) is 3.54. The molecule has 0 spiro atoms. The molecule has 0 aliphatic heterocycles. The Morgan fingerprint density at radius 3 is 3.00 bits per heavy atom. The first-order valence-corrected chi connectivity index (χ1v) is 5.49. The molecule has 4 nitrogen and oxygen atoms in total. The molecule has 0 amide bonds. The van der Waals surface area contributed by atoms with Gasteiger partial charge in [-0.25, -0.2) is 4.98 Å². The Hall–Kier alpha value is -1.10. The third-order valence-electron chi connectivity index (χ3n) is 2.43. The number of aromatic nitrogens is 2. The van der Waals surface area contributed by atoms with Crippen LogP contribution in [-0.2, 0) is 18.4 Å². The van der Waals surface area contributed by atoms with Crippen molar-refractivity contribution >= 4 is 22.6 Å². The van der Waals surface area contributed by atoms with Crippen molar-refractivity contribution in [1.29, 1.82) is 0 Å². The van der Waals surface area contributed by atoms with E-state index < -0.39 is 0 Å². The van der Waals surface area contributed by atoms with Crippen molar-refractivity contribution in [1.82, 2.24) is 9.55 Å². The van der Waals surface area contributed by atoms with Crippen LogP contribution < -0.4 is 5.73 Å². The molecule has 2 aromatic rings. The van der Waals surface area contributed by atoms with Crippen molar-refractivity contribution in [3.05, 3.63) is 29.0 Å². The highest BCUT2D eigenvalue weighted by atomic mass is 35.5. The standard InChI is InChI=1S/C11H14ClN3O/c1-15-10(7-16-6-5-13)14-9-4-2-3-8(12)11(9)15/h2-4H,5-7,13H2,1H3. The summed E-state index contributed by atoms with van der Waals surface area (Å²) in [5.41, 5.74) is 7.19. The van der Waals surface area contributed by atoms with Crippen LogP contribution in [0.2, 0.25) is 5.02 Å². The van der Waals surface area contributed by atoms with Crippen molar-refractivity contribution in [3.8, 4) is 0 Å². The summed E-state index contributed by atoms with van der Waals surface area (Å²) >= 11 is 6.12. The predicted molar refractivity (Wildman–Crippen MR) is 64.4 cm³/mol. The van der Waals surface area contributed by atoms with Crippen LogP contribution in [0.3, 0.4) is 0 Å². The van der Waals surface area contributed by atoms with Gasteiger partial charge in [-0.15, -0.1) is 0 Å². The molecular weight excluding hydrogens is 226 g/mol. The van der Waals surface area contributed by atoms with E-state index in [-0.39, 0.29) is 0 Å². The van der Waals surface area contributed by atoms with Crippen LogP contribution >= 0.6 is 11.6 Å². The Bertz CT molecular complexity index is 495. The molecule has 2 N–H and O–H groups in total. The molecule has 0 atom stereocenters. The van der Waals surface area contributed by atoms with Gasteiger partial charge >= 0.3 is 0 Å². The maximum absolute atomic E-state index is 6.12. The average molecular weight is 240 g/mol. The molecule has 1 aromatic carbocycles. The van der Waals surface area contributed by atoms with E-state index in [9.17, 15) is 0 Å². The van der Waals surface area contributed by atoms with Gasteiger partial charge in [0.1, 0.15) is 12.4 Å². The number of hydrogen-bond acceptors (Lipinski definition) is 3. The van der Waals surface area contributed by atoms with Crippen LogP contribution in [0.1, 0.15) is 5.82 Å². The molecule has 1 aromatic heterocycles. The first kappa shape index (κ1) is 11.4. The number of aryl methyl sites for hydroxylation is 1. The van der Waals surface area contributed by atoms with E-state index in [1.165, 1.54) is 0 Å². The number of para-hydroxylation sites is 1. The van der Waals surface area contributed by atoms with Crippen LogP contribution in [0, 0.1) is 0 Å². The average Bonchev–Trinajstić information content (AvgIpc) is 2.58. The molecule has 0 radical (unpaired) electrons. The number of benzene rings is 1. The van der Waals surface area contributed by atoms with Gasteiger partial charge in [0, 0.05) is 13.6 Å². The molecule has 0 saturated carbocycles. The number of ether oxygens (including phenoxy) is 1. The normalized spacial score (nSPS) is 11.2. The summed E-state index contributed by atoms with van der Waals surface area (Å²) in [6.45, 7) is 1.51. The second kappa shape index (κ2) is 4.82. The van der Waals surface area contributed by atoms with Crippen LogP contribution in [0.4, 0.5) is 0 Å². The lowest BCUT2D eigenvalue weighted by atomic mass is 10.3. The van der Waals surface area contributed by atoms with Gasteiger partial charge in [-0.05, 0) is 12.1 Å². The number of nitrogens with zero attached hydrogens (tertiary/aromatic N) is 2. The Kier molecular flexibility index (Phi) is 3.43. The number of halogens is 1. The topological polar surface area (TPSA) is 53.1 Å². The van der Waals surface area contributed by atoms with Crippen molar-refractivity contribution in [2.45, 2.75) is 6.61 Å². The third-order valence-corrected chi connectivity index (χ3v) is 2.74. The maximum atomic E-state index is 6.12. The zero-order valence-corrected chi connectivity index (χ0v) is 9.87. The van der Waals surface area contributed by atoms with Gasteiger partial charge in [-0.3, -0.25) is 0 Å². The maximum Gasteiger partial charge on any atom is 0.135 e. The quantitative estimate of drug-likeness (QED) is 0.827. The fourth-order valence-electron chi connectivity index (χ4n) is 1.65. The molecule has 2 rings (SSSR count). The minimum atomic E-state index is 0.457. The SMILES string of the molecule is Cn1c(COCCN)nc2cccc(Cl)c21. The molecule has 0 unspecified atom stereocenters. The highest BCUT2D eigenvalue weighted by Gasteiger charge is 2.09. The minimum Gasteiger partial charge on any atom is -0.372 e. The predicted octanol–water partition coefficient (Wildman–Crippen LogP) is 1.70. The van der Waals surface area contributed by atoms with E-state index in [1.54, 1.807) is 0 Å². The van der Waals surface area contributed by atoms with E-state index in [0.29, 0.717) is 24.8 Å². The lowest BCUT2D eigenvalue weighted by molar-refractivity contribution is 0.121. The van der Waals surface area contributed by atoms with Crippen molar-refractivity contribution in [2.24, 2.45) is 12.8 Å². The van der Waals surface area contributed by atoms with Gasteiger partial charge in [0.15, 0.2) is 0 Å². The fourth-order valence-corrected chi connectivity index (χ4v) is 1.94. The van der Waals surface area contributed by atoms with Crippen molar-refractivity contribution in [2.75, 3.05) is 13.2 Å². The largest absolute Gasteiger partial charge is 0.372 e. The molecule has 0 fully saturated rings. The van der Waals surface area contributed by atoms with Gasteiger partial charge in [-0.1, -0.05) is 17.7 Å². The molecule has 0 aliphatic carbocycles. The molecular formula is C11H14ClN3O. The smallest absolute Gasteiger partial charge is 0.135 e. The highest BCUT2D eigenvalue weighted by Crippen LogP contribution is 2.23.